The normalized spacial score (nSPS) is 20.8. The van der Waals surface area contributed by atoms with Crippen LogP contribution in [0.1, 0.15) is 57.6 Å². The SMILES string of the molecule is CCc1cc(N2CCC(OC3CCCCC3)CC2)n2ncnc2n1. The number of anilines is 1. The Bertz CT molecular complexity index is 671. The lowest BCUT2D eigenvalue weighted by Gasteiger charge is -2.36. The fraction of sp³-hybridized carbons (Fsp3) is 0.722. The van der Waals surface area contributed by atoms with E-state index >= 15 is 0 Å². The molecule has 2 aromatic heterocycles. The van der Waals surface area contributed by atoms with Gasteiger partial charge in [0.25, 0.3) is 5.78 Å². The Hall–Kier alpha value is -1.69. The van der Waals surface area contributed by atoms with Gasteiger partial charge in [0.1, 0.15) is 12.1 Å². The predicted octanol–water partition coefficient (Wildman–Crippen LogP) is 3.00. The Morgan fingerprint density at radius 2 is 1.83 bits per heavy atom. The van der Waals surface area contributed by atoms with E-state index in [2.05, 4.69) is 33.0 Å². The third kappa shape index (κ3) is 3.24. The first-order valence-electron chi connectivity index (χ1n) is 9.43. The van der Waals surface area contributed by atoms with E-state index in [1.807, 2.05) is 4.52 Å². The van der Waals surface area contributed by atoms with Crippen LogP contribution in [-0.4, -0.2) is 44.9 Å². The van der Waals surface area contributed by atoms with Gasteiger partial charge in [-0.1, -0.05) is 26.2 Å². The molecule has 2 fully saturated rings. The smallest absolute Gasteiger partial charge is 0.254 e. The zero-order valence-corrected chi connectivity index (χ0v) is 14.5. The zero-order chi connectivity index (χ0) is 16.4. The van der Waals surface area contributed by atoms with Crippen LogP contribution >= 0.6 is 0 Å². The van der Waals surface area contributed by atoms with Gasteiger partial charge < -0.3 is 9.64 Å². The molecule has 4 rings (SSSR count). The summed E-state index contributed by atoms with van der Waals surface area (Å²) in [6.45, 7) is 4.16. The number of aryl methyl sites for hydroxylation is 1. The second-order valence-electron chi connectivity index (χ2n) is 7.01. The number of hydrogen-bond donors (Lipinski definition) is 0. The van der Waals surface area contributed by atoms with Crippen molar-refractivity contribution in [2.75, 3.05) is 18.0 Å². The van der Waals surface area contributed by atoms with Crippen molar-refractivity contribution in [3.05, 3.63) is 18.1 Å². The molecule has 0 bridgehead atoms. The minimum absolute atomic E-state index is 0.420. The fourth-order valence-electron chi connectivity index (χ4n) is 3.94. The maximum absolute atomic E-state index is 6.36. The first-order chi connectivity index (χ1) is 11.8. The van der Waals surface area contributed by atoms with Crippen LogP contribution in [0.4, 0.5) is 5.82 Å². The molecule has 6 heteroatoms. The van der Waals surface area contributed by atoms with Crippen LogP contribution < -0.4 is 4.90 Å². The quantitative estimate of drug-likeness (QED) is 0.863. The molecular weight excluding hydrogens is 302 g/mol. The molecule has 0 atom stereocenters. The van der Waals surface area contributed by atoms with E-state index in [1.54, 1.807) is 6.33 Å². The lowest BCUT2D eigenvalue weighted by Crippen LogP contribution is -2.39. The first kappa shape index (κ1) is 15.8. The molecule has 24 heavy (non-hydrogen) atoms. The Kier molecular flexibility index (Phi) is 4.65. The largest absolute Gasteiger partial charge is 0.375 e. The van der Waals surface area contributed by atoms with E-state index in [1.165, 1.54) is 32.1 Å². The number of ether oxygens (including phenoxy) is 1. The molecule has 1 aliphatic heterocycles. The summed E-state index contributed by atoms with van der Waals surface area (Å²) in [6.07, 6.45) is 12.2. The summed E-state index contributed by atoms with van der Waals surface area (Å²) in [5.41, 5.74) is 1.08. The highest BCUT2D eigenvalue weighted by molar-refractivity contribution is 5.47. The van der Waals surface area contributed by atoms with Gasteiger partial charge in [0.05, 0.1) is 12.2 Å². The van der Waals surface area contributed by atoms with Crippen molar-refractivity contribution in [3.63, 3.8) is 0 Å². The molecule has 1 aliphatic carbocycles. The van der Waals surface area contributed by atoms with Crippen LogP contribution in [0, 0.1) is 0 Å². The van der Waals surface area contributed by atoms with Crippen LogP contribution in [0.3, 0.4) is 0 Å². The van der Waals surface area contributed by atoms with Crippen molar-refractivity contribution in [1.82, 2.24) is 19.6 Å². The average Bonchev–Trinajstić information content (AvgIpc) is 3.11. The van der Waals surface area contributed by atoms with Gasteiger partial charge in [-0.25, -0.2) is 4.98 Å². The second-order valence-corrected chi connectivity index (χ2v) is 7.01. The molecule has 0 amide bonds. The summed E-state index contributed by atoms with van der Waals surface area (Å²) >= 11 is 0. The maximum Gasteiger partial charge on any atom is 0.254 e. The second kappa shape index (κ2) is 7.05. The van der Waals surface area contributed by atoms with Gasteiger partial charge in [-0.05, 0) is 32.1 Å². The van der Waals surface area contributed by atoms with Crippen LogP contribution in [0.15, 0.2) is 12.4 Å². The molecule has 0 unspecified atom stereocenters. The maximum atomic E-state index is 6.36. The van der Waals surface area contributed by atoms with Gasteiger partial charge in [-0.15, -0.1) is 0 Å². The van der Waals surface area contributed by atoms with E-state index in [9.17, 15) is 0 Å². The van der Waals surface area contributed by atoms with Crippen molar-refractivity contribution in [1.29, 1.82) is 0 Å². The highest BCUT2D eigenvalue weighted by Crippen LogP contribution is 2.27. The van der Waals surface area contributed by atoms with Gasteiger partial charge >= 0.3 is 0 Å². The topological polar surface area (TPSA) is 55.6 Å². The van der Waals surface area contributed by atoms with Gasteiger partial charge in [0, 0.05) is 24.8 Å². The Morgan fingerprint density at radius 1 is 1.08 bits per heavy atom. The number of nitrogens with zero attached hydrogens (tertiary/aromatic N) is 5. The molecule has 130 valence electrons. The molecule has 1 saturated carbocycles. The van der Waals surface area contributed by atoms with E-state index in [-0.39, 0.29) is 0 Å². The van der Waals surface area contributed by atoms with Crippen molar-refractivity contribution >= 4 is 11.6 Å². The van der Waals surface area contributed by atoms with E-state index in [0.29, 0.717) is 18.0 Å². The first-order valence-corrected chi connectivity index (χ1v) is 9.43. The van der Waals surface area contributed by atoms with Gasteiger partial charge in [0.2, 0.25) is 0 Å². The summed E-state index contributed by atoms with van der Waals surface area (Å²) in [4.78, 5) is 11.2. The van der Waals surface area contributed by atoms with Crippen molar-refractivity contribution < 1.29 is 4.74 Å². The molecule has 0 aromatic carbocycles. The van der Waals surface area contributed by atoms with E-state index in [0.717, 1.165) is 43.9 Å². The minimum Gasteiger partial charge on any atom is -0.375 e. The van der Waals surface area contributed by atoms with Crippen LogP contribution in [0.25, 0.3) is 5.78 Å². The molecule has 6 nitrogen and oxygen atoms in total. The van der Waals surface area contributed by atoms with Crippen molar-refractivity contribution in [2.24, 2.45) is 0 Å². The number of aromatic nitrogens is 4. The van der Waals surface area contributed by atoms with E-state index in [4.69, 9.17) is 4.74 Å². The van der Waals surface area contributed by atoms with Crippen molar-refractivity contribution in [2.45, 2.75) is 70.5 Å². The van der Waals surface area contributed by atoms with E-state index < -0.39 is 0 Å². The Morgan fingerprint density at radius 3 is 2.58 bits per heavy atom. The molecular formula is C18H27N5O. The van der Waals surface area contributed by atoms with Gasteiger partial charge in [0.15, 0.2) is 0 Å². The molecule has 3 heterocycles. The number of rotatable bonds is 4. The molecule has 0 spiro atoms. The zero-order valence-electron chi connectivity index (χ0n) is 14.5. The Balaban J connectivity index is 1.43. The molecule has 0 radical (unpaired) electrons. The minimum atomic E-state index is 0.420. The third-order valence-electron chi connectivity index (χ3n) is 5.35. The summed E-state index contributed by atoms with van der Waals surface area (Å²) in [5.74, 6) is 1.82. The molecule has 2 aromatic rings. The summed E-state index contributed by atoms with van der Waals surface area (Å²) in [7, 11) is 0. The molecule has 1 saturated heterocycles. The monoisotopic (exact) mass is 329 g/mol. The lowest BCUT2D eigenvalue weighted by atomic mass is 9.97. The lowest BCUT2D eigenvalue weighted by molar-refractivity contribution is -0.0395. The fourth-order valence-corrected chi connectivity index (χ4v) is 3.94. The summed E-state index contributed by atoms with van der Waals surface area (Å²) < 4.78 is 8.22. The average molecular weight is 329 g/mol. The van der Waals surface area contributed by atoms with Crippen LogP contribution in [0.2, 0.25) is 0 Å². The van der Waals surface area contributed by atoms with Crippen LogP contribution in [0.5, 0.6) is 0 Å². The number of piperidine rings is 1. The number of hydrogen-bond acceptors (Lipinski definition) is 5. The Labute approximate surface area is 143 Å². The molecule has 0 N–H and O–H groups in total. The highest BCUT2D eigenvalue weighted by atomic mass is 16.5. The van der Waals surface area contributed by atoms with Crippen LogP contribution in [-0.2, 0) is 11.2 Å². The highest BCUT2D eigenvalue weighted by Gasteiger charge is 2.25. The van der Waals surface area contributed by atoms with Crippen molar-refractivity contribution in [3.8, 4) is 0 Å². The summed E-state index contributed by atoms with van der Waals surface area (Å²) in [5, 5.41) is 4.35. The van der Waals surface area contributed by atoms with Gasteiger partial charge in [-0.2, -0.15) is 14.6 Å². The number of fused-ring (bicyclic) bond motifs is 1. The van der Waals surface area contributed by atoms with Gasteiger partial charge in [-0.3, -0.25) is 0 Å². The molecule has 2 aliphatic rings. The summed E-state index contributed by atoms with van der Waals surface area (Å²) in [6, 6.07) is 2.16. The predicted molar refractivity (Wildman–Crippen MR) is 93.4 cm³/mol. The third-order valence-corrected chi connectivity index (χ3v) is 5.35. The standard InChI is InChI=1S/C18H27N5O/c1-2-14-12-17(23-18(21-14)19-13-20-23)22-10-8-16(9-11-22)24-15-6-4-3-5-7-15/h12-13,15-16H,2-11H2,1H3.